The number of methoxy groups -OCH3 is 2. The minimum Gasteiger partial charge on any atom is -0.497 e. The average Bonchev–Trinajstić information content (AvgIpc) is 2.72. The van der Waals surface area contributed by atoms with Gasteiger partial charge < -0.3 is 19.7 Å². The Morgan fingerprint density at radius 1 is 1.00 bits per heavy atom. The van der Waals surface area contributed by atoms with Gasteiger partial charge in [-0.1, -0.05) is 31.2 Å². The smallest absolute Gasteiger partial charge is 0.244 e. The number of rotatable bonds is 10. The summed E-state index contributed by atoms with van der Waals surface area (Å²) < 4.78 is 10.4. The molecule has 6 heteroatoms. The molecule has 0 saturated heterocycles. The van der Waals surface area contributed by atoms with E-state index in [4.69, 9.17) is 9.47 Å². The van der Waals surface area contributed by atoms with Crippen LogP contribution in [-0.4, -0.2) is 44.0 Å². The van der Waals surface area contributed by atoms with Gasteiger partial charge in [-0.05, 0) is 42.7 Å². The van der Waals surface area contributed by atoms with Crippen LogP contribution in [0.1, 0.15) is 25.3 Å². The lowest BCUT2D eigenvalue weighted by Gasteiger charge is -2.22. The number of amides is 2. The molecule has 2 rings (SSSR count). The fourth-order valence-corrected chi connectivity index (χ4v) is 2.87. The molecule has 0 unspecified atom stereocenters. The number of hydrogen-bond acceptors (Lipinski definition) is 4. The fourth-order valence-electron chi connectivity index (χ4n) is 2.87. The average molecular weight is 384 g/mol. The van der Waals surface area contributed by atoms with E-state index in [0.29, 0.717) is 30.8 Å². The Labute approximate surface area is 166 Å². The van der Waals surface area contributed by atoms with Crippen molar-refractivity contribution in [3.05, 3.63) is 54.1 Å². The number of carbonyl (C=O) groups is 2. The van der Waals surface area contributed by atoms with Crippen LogP contribution in [0.3, 0.4) is 0 Å². The number of anilines is 1. The van der Waals surface area contributed by atoms with Crippen molar-refractivity contribution in [2.45, 2.75) is 26.2 Å². The van der Waals surface area contributed by atoms with E-state index in [-0.39, 0.29) is 18.4 Å². The second-order valence-corrected chi connectivity index (χ2v) is 6.41. The summed E-state index contributed by atoms with van der Waals surface area (Å²) in [7, 11) is 3.17. The number of hydrogen-bond donors (Lipinski definition) is 1. The molecule has 2 aromatic carbocycles. The monoisotopic (exact) mass is 384 g/mol. The third-order valence-corrected chi connectivity index (χ3v) is 4.35. The number of benzene rings is 2. The van der Waals surface area contributed by atoms with Crippen molar-refractivity contribution in [2.75, 3.05) is 32.6 Å². The van der Waals surface area contributed by atoms with Gasteiger partial charge in [0.15, 0.2) is 0 Å². The third kappa shape index (κ3) is 6.30. The molecule has 0 atom stereocenters. The van der Waals surface area contributed by atoms with E-state index in [2.05, 4.69) is 5.32 Å². The Hall–Kier alpha value is -3.02. The zero-order chi connectivity index (χ0) is 20.4. The van der Waals surface area contributed by atoms with Crippen molar-refractivity contribution in [3.8, 4) is 11.5 Å². The minimum absolute atomic E-state index is 0.0212. The van der Waals surface area contributed by atoms with Gasteiger partial charge in [-0.15, -0.1) is 0 Å². The number of nitrogens with one attached hydrogen (secondary N) is 1. The lowest BCUT2D eigenvalue weighted by atomic mass is 10.1. The molecule has 2 aromatic rings. The predicted octanol–water partition coefficient (Wildman–Crippen LogP) is 3.51. The van der Waals surface area contributed by atoms with E-state index < -0.39 is 0 Å². The Morgan fingerprint density at radius 3 is 2.36 bits per heavy atom. The standard InChI is InChI=1S/C22H28N2O4/c1-4-15-24(16-21(25)23-19-7-5-6-8-20(19)28-3)22(26)14-11-17-9-12-18(27-2)13-10-17/h5-10,12-13H,4,11,14-16H2,1-3H3,(H,23,25). The van der Waals surface area contributed by atoms with Gasteiger partial charge in [-0.2, -0.15) is 0 Å². The molecule has 6 nitrogen and oxygen atoms in total. The summed E-state index contributed by atoms with van der Waals surface area (Å²) in [5, 5.41) is 2.82. The van der Waals surface area contributed by atoms with E-state index in [1.807, 2.05) is 43.3 Å². The van der Waals surface area contributed by atoms with Gasteiger partial charge in [0.05, 0.1) is 26.5 Å². The normalized spacial score (nSPS) is 10.2. The number of carbonyl (C=O) groups excluding carboxylic acids is 2. The highest BCUT2D eigenvalue weighted by atomic mass is 16.5. The van der Waals surface area contributed by atoms with Crippen molar-refractivity contribution in [1.29, 1.82) is 0 Å². The zero-order valence-corrected chi connectivity index (χ0v) is 16.7. The van der Waals surface area contributed by atoms with Crippen molar-refractivity contribution in [2.24, 2.45) is 0 Å². The summed E-state index contributed by atoms with van der Waals surface area (Å²) in [5.41, 5.74) is 1.65. The molecule has 0 spiro atoms. The summed E-state index contributed by atoms with van der Waals surface area (Å²) in [6.07, 6.45) is 1.77. The number of para-hydroxylation sites is 2. The van der Waals surface area contributed by atoms with E-state index in [0.717, 1.165) is 17.7 Å². The number of aryl methyl sites for hydroxylation is 1. The summed E-state index contributed by atoms with van der Waals surface area (Å²) in [6, 6.07) is 14.9. The highest BCUT2D eigenvalue weighted by molar-refractivity contribution is 5.95. The molecule has 2 amide bonds. The van der Waals surface area contributed by atoms with Crippen LogP contribution in [-0.2, 0) is 16.0 Å². The molecular formula is C22H28N2O4. The predicted molar refractivity (Wildman–Crippen MR) is 110 cm³/mol. The summed E-state index contributed by atoms with van der Waals surface area (Å²) in [4.78, 5) is 26.7. The van der Waals surface area contributed by atoms with Gasteiger partial charge >= 0.3 is 0 Å². The molecule has 150 valence electrons. The first-order valence-electron chi connectivity index (χ1n) is 9.41. The second kappa shape index (κ2) is 11.0. The summed E-state index contributed by atoms with van der Waals surface area (Å²) in [6.45, 7) is 2.55. The molecule has 28 heavy (non-hydrogen) atoms. The second-order valence-electron chi connectivity index (χ2n) is 6.41. The molecule has 0 aliphatic carbocycles. The SMILES string of the molecule is CCCN(CC(=O)Nc1ccccc1OC)C(=O)CCc1ccc(OC)cc1. The lowest BCUT2D eigenvalue weighted by Crippen LogP contribution is -2.38. The van der Waals surface area contributed by atoms with Crippen LogP contribution in [0.5, 0.6) is 11.5 Å². The van der Waals surface area contributed by atoms with E-state index >= 15 is 0 Å². The first-order valence-corrected chi connectivity index (χ1v) is 9.41. The summed E-state index contributed by atoms with van der Waals surface area (Å²) >= 11 is 0. The van der Waals surface area contributed by atoms with Gasteiger partial charge in [-0.25, -0.2) is 0 Å². The van der Waals surface area contributed by atoms with Crippen LogP contribution in [0.25, 0.3) is 0 Å². The van der Waals surface area contributed by atoms with Crippen LogP contribution in [0.2, 0.25) is 0 Å². The van der Waals surface area contributed by atoms with Crippen LogP contribution in [0.4, 0.5) is 5.69 Å². The Kier molecular flexibility index (Phi) is 8.34. The molecule has 0 heterocycles. The van der Waals surface area contributed by atoms with Crippen molar-refractivity contribution in [1.82, 2.24) is 4.90 Å². The Bertz CT molecular complexity index is 774. The molecule has 0 aliphatic heterocycles. The van der Waals surface area contributed by atoms with Crippen molar-refractivity contribution in [3.63, 3.8) is 0 Å². The molecular weight excluding hydrogens is 356 g/mol. The topological polar surface area (TPSA) is 67.9 Å². The Balaban J connectivity index is 1.93. The molecule has 0 fully saturated rings. The van der Waals surface area contributed by atoms with Crippen LogP contribution >= 0.6 is 0 Å². The number of nitrogens with zero attached hydrogens (tertiary/aromatic N) is 1. The molecule has 0 aliphatic rings. The van der Waals surface area contributed by atoms with Gasteiger partial charge in [0.25, 0.3) is 0 Å². The lowest BCUT2D eigenvalue weighted by molar-refractivity contribution is -0.134. The molecule has 0 saturated carbocycles. The van der Waals surface area contributed by atoms with E-state index in [9.17, 15) is 9.59 Å². The van der Waals surface area contributed by atoms with Crippen molar-refractivity contribution >= 4 is 17.5 Å². The largest absolute Gasteiger partial charge is 0.497 e. The van der Waals surface area contributed by atoms with E-state index in [1.54, 1.807) is 31.3 Å². The van der Waals surface area contributed by atoms with Crippen molar-refractivity contribution < 1.29 is 19.1 Å². The van der Waals surface area contributed by atoms with Gasteiger partial charge in [0, 0.05) is 13.0 Å². The van der Waals surface area contributed by atoms with Crippen LogP contribution in [0.15, 0.2) is 48.5 Å². The molecule has 0 bridgehead atoms. The van der Waals surface area contributed by atoms with E-state index in [1.165, 1.54) is 0 Å². The van der Waals surface area contributed by atoms with Gasteiger partial charge in [-0.3, -0.25) is 9.59 Å². The maximum atomic E-state index is 12.6. The van der Waals surface area contributed by atoms with Crippen LogP contribution < -0.4 is 14.8 Å². The highest BCUT2D eigenvalue weighted by Gasteiger charge is 2.17. The fraction of sp³-hybridized carbons (Fsp3) is 0.364. The molecule has 1 N–H and O–H groups in total. The first-order chi connectivity index (χ1) is 13.6. The highest BCUT2D eigenvalue weighted by Crippen LogP contribution is 2.23. The van der Waals surface area contributed by atoms with Gasteiger partial charge in [0.1, 0.15) is 11.5 Å². The quantitative estimate of drug-likeness (QED) is 0.681. The molecule has 0 aromatic heterocycles. The molecule has 0 radical (unpaired) electrons. The van der Waals surface area contributed by atoms with Crippen LogP contribution in [0, 0.1) is 0 Å². The first kappa shape index (κ1) is 21.3. The minimum atomic E-state index is -0.240. The number of ether oxygens (including phenoxy) is 2. The Morgan fingerprint density at radius 2 is 1.71 bits per heavy atom. The maximum absolute atomic E-state index is 12.6. The zero-order valence-electron chi connectivity index (χ0n) is 16.7. The summed E-state index contributed by atoms with van der Waals surface area (Å²) in [5.74, 6) is 1.10. The van der Waals surface area contributed by atoms with Gasteiger partial charge in [0.2, 0.25) is 11.8 Å². The third-order valence-electron chi connectivity index (χ3n) is 4.35. The maximum Gasteiger partial charge on any atom is 0.244 e.